The maximum absolute atomic E-state index is 6.10. The van der Waals surface area contributed by atoms with Crippen LogP contribution in [0.1, 0.15) is 0 Å². The fourth-order valence-corrected chi connectivity index (χ4v) is 1.87. The number of nitrogens with zero attached hydrogens (tertiary/aromatic N) is 3. The summed E-state index contributed by atoms with van der Waals surface area (Å²) in [6.45, 7) is 0. The van der Waals surface area contributed by atoms with Crippen LogP contribution < -0.4 is 5.32 Å². The molecule has 18 heavy (non-hydrogen) atoms. The van der Waals surface area contributed by atoms with E-state index in [1.807, 2.05) is 36.4 Å². The molecule has 2 aromatic heterocycles. The van der Waals surface area contributed by atoms with Crippen molar-refractivity contribution in [2.75, 3.05) is 5.32 Å². The quantitative estimate of drug-likeness (QED) is 0.763. The van der Waals surface area contributed by atoms with Gasteiger partial charge in [0.05, 0.1) is 16.1 Å². The SMILES string of the molecule is Clc1ccccc1Nc1ncnc2ncccc12. The van der Waals surface area contributed by atoms with Crippen molar-refractivity contribution in [3.05, 3.63) is 53.9 Å². The van der Waals surface area contributed by atoms with E-state index in [1.54, 1.807) is 6.20 Å². The molecule has 3 rings (SSSR count). The third kappa shape index (κ3) is 1.98. The van der Waals surface area contributed by atoms with E-state index in [0.29, 0.717) is 16.5 Å². The Morgan fingerprint density at radius 1 is 0.944 bits per heavy atom. The number of hydrogen-bond donors (Lipinski definition) is 1. The molecule has 1 N–H and O–H groups in total. The van der Waals surface area contributed by atoms with Gasteiger partial charge in [-0.1, -0.05) is 23.7 Å². The number of pyridine rings is 1. The van der Waals surface area contributed by atoms with Crippen molar-refractivity contribution in [3.8, 4) is 0 Å². The number of halogens is 1. The molecule has 0 spiro atoms. The zero-order valence-corrected chi connectivity index (χ0v) is 10.1. The summed E-state index contributed by atoms with van der Waals surface area (Å²) in [7, 11) is 0. The van der Waals surface area contributed by atoms with Crippen LogP contribution in [0.3, 0.4) is 0 Å². The summed E-state index contributed by atoms with van der Waals surface area (Å²) in [6, 6.07) is 11.3. The minimum atomic E-state index is 0.646. The van der Waals surface area contributed by atoms with E-state index in [4.69, 9.17) is 11.6 Å². The lowest BCUT2D eigenvalue weighted by atomic mass is 10.3. The summed E-state index contributed by atoms with van der Waals surface area (Å²) in [5, 5.41) is 4.70. The van der Waals surface area contributed by atoms with Crippen LogP contribution in [0.15, 0.2) is 48.9 Å². The first-order valence-electron chi connectivity index (χ1n) is 5.42. The van der Waals surface area contributed by atoms with Gasteiger partial charge in [-0.3, -0.25) is 0 Å². The molecule has 0 saturated heterocycles. The lowest BCUT2D eigenvalue weighted by Gasteiger charge is -2.08. The van der Waals surface area contributed by atoms with E-state index in [0.717, 1.165) is 11.1 Å². The van der Waals surface area contributed by atoms with E-state index < -0.39 is 0 Å². The third-order valence-corrected chi connectivity index (χ3v) is 2.87. The molecule has 0 atom stereocenters. The standard InChI is InChI=1S/C13H9ClN4/c14-10-5-1-2-6-11(10)18-13-9-4-3-7-15-12(9)16-8-17-13/h1-8H,(H,15,16,17,18). The Bertz CT molecular complexity index is 694. The van der Waals surface area contributed by atoms with Gasteiger partial charge < -0.3 is 5.32 Å². The Morgan fingerprint density at radius 3 is 2.72 bits per heavy atom. The molecular weight excluding hydrogens is 248 g/mol. The van der Waals surface area contributed by atoms with Gasteiger partial charge in [0.1, 0.15) is 12.1 Å². The number of para-hydroxylation sites is 1. The molecule has 0 fully saturated rings. The van der Waals surface area contributed by atoms with Gasteiger partial charge in [0, 0.05) is 6.20 Å². The molecule has 5 heteroatoms. The van der Waals surface area contributed by atoms with Crippen LogP contribution in [0.4, 0.5) is 11.5 Å². The fourth-order valence-electron chi connectivity index (χ4n) is 1.69. The van der Waals surface area contributed by atoms with E-state index in [2.05, 4.69) is 20.3 Å². The van der Waals surface area contributed by atoms with Gasteiger partial charge in [0.25, 0.3) is 0 Å². The summed E-state index contributed by atoms with van der Waals surface area (Å²) in [5.74, 6) is 0.696. The predicted molar refractivity (Wildman–Crippen MR) is 72.1 cm³/mol. The minimum Gasteiger partial charge on any atom is -0.338 e. The Balaban J connectivity index is 2.08. The fraction of sp³-hybridized carbons (Fsp3) is 0. The van der Waals surface area contributed by atoms with Gasteiger partial charge in [0.15, 0.2) is 5.65 Å². The van der Waals surface area contributed by atoms with Crippen LogP contribution in [0.2, 0.25) is 5.02 Å². The second-order valence-electron chi connectivity index (χ2n) is 3.70. The largest absolute Gasteiger partial charge is 0.338 e. The van der Waals surface area contributed by atoms with Crippen molar-refractivity contribution in [2.45, 2.75) is 0 Å². The average molecular weight is 257 g/mol. The first-order chi connectivity index (χ1) is 8.84. The highest BCUT2D eigenvalue weighted by molar-refractivity contribution is 6.33. The van der Waals surface area contributed by atoms with Gasteiger partial charge >= 0.3 is 0 Å². The number of rotatable bonds is 2. The zero-order valence-electron chi connectivity index (χ0n) is 9.34. The van der Waals surface area contributed by atoms with Crippen LogP contribution in [-0.4, -0.2) is 15.0 Å². The maximum Gasteiger partial charge on any atom is 0.164 e. The van der Waals surface area contributed by atoms with Crippen LogP contribution in [-0.2, 0) is 0 Å². The molecule has 0 aliphatic carbocycles. The summed E-state index contributed by atoms with van der Waals surface area (Å²) in [5.41, 5.74) is 1.46. The first kappa shape index (κ1) is 10.9. The number of anilines is 2. The highest BCUT2D eigenvalue weighted by Gasteiger charge is 2.05. The molecule has 0 saturated carbocycles. The number of nitrogens with one attached hydrogen (secondary N) is 1. The summed E-state index contributed by atoms with van der Waals surface area (Å²) in [4.78, 5) is 12.5. The Kier molecular flexibility index (Phi) is 2.78. The van der Waals surface area contributed by atoms with E-state index in [-0.39, 0.29) is 0 Å². The van der Waals surface area contributed by atoms with Gasteiger partial charge in [-0.15, -0.1) is 0 Å². The van der Waals surface area contributed by atoms with Gasteiger partial charge in [-0.25, -0.2) is 15.0 Å². The normalized spacial score (nSPS) is 10.5. The van der Waals surface area contributed by atoms with Crippen molar-refractivity contribution in [1.29, 1.82) is 0 Å². The summed E-state index contributed by atoms with van der Waals surface area (Å²) < 4.78 is 0. The molecule has 0 amide bonds. The second kappa shape index (κ2) is 4.58. The monoisotopic (exact) mass is 256 g/mol. The molecule has 4 nitrogen and oxygen atoms in total. The van der Waals surface area contributed by atoms with Crippen molar-refractivity contribution in [1.82, 2.24) is 15.0 Å². The zero-order chi connectivity index (χ0) is 12.4. The molecular formula is C13H9ClN4. The molecule has 1 aromatic carbocycles. The Morgan fingerprint density at radius 2 is 1.83 bits per heavy atom. The van der Waals surface area contributed by atoms with Crippen molar-refractivity contribution >= 4 is 34.1 Å². The Hall–Kier alpha value is -2.20. The molecule has 88 valence electrons. The first-order valence-corrected chi connectivity index (χ1v) is 5.80. The molecule has 0 aliphatic rings. The molecule has 2 heterocycles. The third-order valence-electron chi connectivity index (χ3n) is 2.54. The summed E-state index contributed by atoms with van der Waals surface area (Å²) >= 11 is 6.10. The molecule has 0 aliphatic heterocycles. The number of fused-ring (bicyclic) bond motifs is 1. The number of hydrogen-bond acceptors (Lipinski definition) is 4. The lowest BCUT2D eigenvalue weighted by Crippen LogP contribution is -1.97. The van der Waals surface area contributed by atoms with E-state index in [9.17, 15) is 0 Å². The lowest BCUT2D eigenvalue weighted by molar-refractivity contribution is 1.18. The minimum absolute atomic E-state index is 0.646. The van der Waals surface area contributed by atoms with Crippen molar-refractivity contribution in [2.24, 2.45) is 0 Å². The molecule has 0 unspecified atom stereocenters. The maximum atomic E-state index is 6.10. The topological polar surface area (TPSA) is 50.7 Å². The van der Waals surface area contributed by atoms with Crippen molar-refractivity contribution in [3.63, 3.8) is 0 Å². The highest BCUT2D eigenvalue weighted by Crippen LogP contribution is 2.26. The second-order valence-corrected chi connectivity index (χ2v) is 4.11. The van der Waals surface area contributed by atoms with Gasteiger partial charge in [0.2, 0.25) is 0 Å². The van der Waals surface area contributed by atoms with Crippen LogP contribution >= 0.6 is 11.6 Å². The van der Waals surface area contributed by atoms with Crippen LogP contribution in [0, 0.1) is 0 Å². The van der Waals surface area contributed by atoms with Crippen LogP contribution in [0.25, 0.3) is 11.0 Å². The predicted octanol–water partition coefficient (Wildman–Crippen LogP) is 3.42. The highest BCUT2D eigenvalue weighted by atomic mass is 35.5. The smallest absolute Gasteiger partial charge is 0.164 e. The van der Waals surface area contributed by atoms with Crippen LogP contribution in [0.5, 0.6) is 0 Å². The van der Waals surface area contributed by atoms with E-state index >= 15 is 0 Å². The average Bonchev–Trinajstić information content (AvgIpc) is 2.42. The summed E-state index contributed by atoms with van der Waals surface area (Å²) in [6.07, 6.45) is 3.18. The number of aromatic nitrogens is 3. The number of benzene rings is 1. The molecule has 0 radical (unpaired) electrons. The molecule has 0 bridgehead atoms. The Labute approximate surface area is 109 Å². The van der Waals surface area contributed by atoms with Crippen molar-refractivity contribution < 1.29 is 0 Å². The van der Waals surface area contributed by atoms with E-state index in [1.165, 1.54) is 6.33 Å². The molecule has 3 aromatic rings. The van der Waals surface area contributed by atoms with Gasteiger partial charge in [-0.2, -0.15) is 0 Å². The van der Waals surface area contributed by atoms with Gasteiger partial charge in [-0.05, 0) is 24.3 Å².